The Hall–Kier alpha value is -4.27. The van der Waals surface area contributed by atoms with E-state index < -0.39 is 5.97 Å². The van der Waals surface area contributed by atoms with Gasteiger partial charge in [0.25, 0.3) is 11.5 Å². The van der Waals surface area contributed by atoms with Crippen LogP contribution in [0.25, 0.3) is 16.5 Å². The third-order valence-electron chi connectivity index (χ3n) is 7.54. The number of piperazine rings is 1. The number of nitrogens with zero attached hydrogens (tertiary/aromatic N) is 3. The number of benzene rings is 3. The minimum absolute atomic E-state index is 0.00405. The number of pyridine rings is 1. The van der Waals surface area contributed by atoms with Crippen LogP contribution < -0.4 is 10.9 Å². The van der Waals surface area contributed by atoms with Crippen molar-refractivity contribution < 1.29 is 14.7 Å². The molecule has 0 spiro atoms. The zero-order chi connectivity index (χ0) is 28.1. The Bertz CT molecular complexity index is 1540. The molecule has 206 valence electrons. The molecule has 0 radical (unpaired) electrons. The van der Waals surface area contributed by atoms with Gasteiger partial charge in [-0.05, 0) is 30.2 Å². The van der Waals surface area contributed by atoms with Gasteiger partial charge in [0.2, 0.25) is 0 Å². The minimum atomic E-state index is -0.844. The predicted octanol–water partition coefficient (Wildman–Crippen LogP) is 4.07. The number of aromatic nitrogens is 1. The fraction of sp³-hybridized carbons (Fsp3) is 0.281. The molecule has 2 N–H and O–H groups in total. The molecular weight excluding hydrogens is 504 g/mol. The average Bonchev–Trinajstić information content (AvgIpc) is 2.98. The molecule has 0 saturated carbocycles. The van der Waals surface area contributed by atoms with Crippen LogP contribution in [0, 0.1) is 0 Å². The maximum absolute atomic E-state index is 14.2. The van der Waals surface area contributed by atoms with E-state index in [4.69, 9.17) is 0 Å². The highest BCUT2D eigenvalue weighted by Gasteiger charge is 2.27. The number of carboxylic acid groups (broad SMARTS) is 1. The van der Waals surface area contributed by atoms with Gasteiger partial charge < -0.3 is 10.4 Å². The number of carbonyl (C=O) groups excluding carboxylic acids is 1. The van der Waals surface area contributed by atoms with Crippen molar-refractivity contribution in [1.29, 1.82) is 0 Å². The lowest BCUT2D eigenvalue weighted by atomic mass is 9.99. The molecule has 1 atom stereocenters. The van der Waals surface area contributed by atoms with Crippen LogP contribution in [-0.2, 0) is 11.3 Å². The Balaban J connectivity index is 1.62. The lowest BCUT2D eigenvalue weighted by molar-refractivity contribution is -0.138. The molecule has 4 aromatic rings. The van der Waals surface area contributed by atoms with Crippen molar-refractivity contribution in [2.75, 3.05) is 32.7 Å². The number of aliphatic carboxylic acids is 1. The van der Waals surface area contributed by atoms with Gasteiger partial charge in [0, 0.05) is 49.2 Å². The van der Waals surface area contributed by atoms with Crippen molar-refractivity contribution in [3.8, 4) is 5.69 Å². The first-order valence-electron chi connectivity index (χ1n) is 13.7. The molecule has 8 heteroatoms. The standard InChI is InChI=1S/C32H34N4O4/c1-2-27(23-11-5-3-6-12-23)33-31(39)30-25-15-9-10-16-26(25)32(40)36(24-13-7-4-8-14-24)28(30)21-34-17-19-35(20-18-34)22-29(37)38/h3-16,27H,2,17-22H2,1H3,(H,33,39)(H,37,38). The highest BCUT2D eigenvalue weighted by molar-refractivity contribution is 6.08. The molecular formula is C32H34N4O4. The summed E-state index contributed by atoms with van der Waals surface area (Å²) >= 11 is 0. The first-order chi connectivity index (χ1) is 19.5. The van der Waals surface area contributed by atoms with E-state index in [1.807, 2.05) is 90.7 Å². The zero-order valence-electron chi connectivity index (χ0n) is 22.6. The molecule has 0 bridgehead atoms. The predicted molar refractivity (Wildman–Crippen MR) is 156 cm³/mol. The molecule has 3 aromatic carbocycles. The molecule has 1 fully saturated rings. The Kier molecular flexibility index (Phi) is 8.38. The number of para-hydroxylation sites is 1. The molecule has 0 aliphatic carbocycles. The molecule has 1 aliphatic rings. The lowest BCUT2D eigenvalue weighted by Crippen LogP contribution is -2.48. The number of rotatable bonds is 9. The van der Waals surface area contributed by atoms with E-state index in [2.05, 4.69) is 10.2 Å². The first-order valence-corrected chi connectivity index (χ1v) is 13.7. The Morgan fingerprint density at radius 1 is 0.825 bits per heavy atom. The van der Waals surface area contributed by atoms with Crippen LogP contribution in [0.5, 0.6) is 0 Å². The van der Waals surface area contributed by atoms with Gasteiger partial charge in [-0.2, -0.15) is 0 Å². The molecule has 1 unspecified atom stereocenters. The highest BCUT2D eigenvalue weighted by atomic mass is 16.4. The maximum Gasteiger partial charge on any atom is 0.317 e. The topological polar surface area (TPSA) is 94.9 Å². The van der Waals surface area contributed by atoms with E-state index in [9.17, 15) is 19.5 Å². The fourth-order valence-corrected chi connectivity index (χ4v) is 5.50. The number of amides is 1. The summed E-state index contributed by atoms with van der Waals surface area (Å²) in [4.78, 5) is 43.5. The second-order valence-electron chi connectivity index (χ2n) is 10.1. The summed E-state index contributed by atoms with van der Waals surface area (Å²) in [5.41, 5.74) is 2.66. The number of fused-ring (bicyclic) bond motifs is 1. The van der Waals surface area contributed by atoms with Crippen molar-refractivity contribution in [3.05, 3.63) is 112 Å². The summed E-state index contributed by atoms with van der Waals surface area (Å²) in [7, 11) is 0. The molecule has 5 rings (SSSR count). The van der Waals surface area contributed by atoms with Crippen molar-refractivity contribution in [1.82, 2.24) is 19.7 Å². The van der Waals surface area contributed by atoms with Gasteiger partial charge in [0.05, 0.1) is 23.8 Å². The maximum atomic E-state index is 14.2. The van der Waals surface area contributed by atoms with Crippen LogP contribution >= 0.6 is 0 Å². The summed E-state index contributed by atoms with van der Waals surface area (Å²) in [6.07, 6.45) is 0.715. The largest absolute Gasteiger partial charge is 0.480 e. The number of carboxylic acids is 1. The molecule has 1 aliphatic heterocycles. The van der Waals surface area contributed by atoms with Gasteiger partial charge in [-0.15, -0.1) is 0 Å². The van der Waals surface area contributed by atoms with Gasteiger partial charge in [-0.25, -0.2) is 0 Å². The summed E-state index contributed by atoms with van der Waals surface area (Å²) in [5.74, 6) is -1.07. The average molecular weight is 539 g/mol. The monoisotopic (exact) mass is 538 g/mol. The van der Waals surface area contributed by atoms with Crippen LogP contribution in [0.1, 0.15) is 41.0 Å². The fourth-order valence-electron chi connectivity index (χ4n) is 5.50. The summed E-state index contributed by atoms with van der Waals surface area (Å²) in [6.45, 7) is 4.88. The van der Waals surface area contributed by atoms with Gasteiger partial charge >= 0.3 is 5.97 Å². The van der Waals surface area contributed by atoms with E-state index in [-0.39, 0.29) is 24.1 Å². The lowest BCUT2D eigenvalue weighted by Gasteiger charge is -2.34. The van der Waals surface area contributed by atoms with Crippen molar-refractivity contribution in [2.24, 2.45) is 0 Å². The molecule has 40 heavy (non-hydrogen) atoms. The molecule has 8 nitrogen and oxygen atoms in total. The zero-order valence-corrected chi connectivity index (χ0v) is 22.6. The SMILES string of the molecule is CCC(NC(=O)c1c(CN2CCN(CC(=O)O)CC2)n(-c2ccccc2)c(=O)c2ccccc12)c1ccccc1. The second-order valence-corrected chi connectivity index (χ2v) is 10.1. The van der Waals surface area contributed by atoms with Crippen molar-refractivity contribution in [2.45, 2.75) is 25.9 Å². The van der Waals surface area contributed by atoms with Gasteiger partial charge in [0.1, 0.15) is 0 Å². The molecule has 1 saturated heterocycles. The van der Waals surface area contributed by atoms with Crippen LogP contribution in [0.15, 0.2) is 89.7 Å². The number of nitrogens with one attached hydrogen (secondary N) is 1. The van der Waals surface area contributed by atoms with Gasteiger partial charge in [0.15, 0.2) is 0 Å². The summed E-state index contributed by atoms with van der Waals surface area (Å²) in [6, 6.07) is 26.4. The van der Waals surface area contributed by atoms with E-state index in [1.54, 1.807) is 10.6 Å². The van der Waals surface area contributed by atoms with E-state index in [0.29, 0.717) is 66.9 Å². The quantitative estimate of drug-likeness (QED) is 0.334. The van der Waals surface area contributed by atoms with E-state index in [0.717, 1.165) is 5.56 Å². The van der Waals surface area contributed by atoms with E-state index in [1.165, 1.54) is 0 Å². The van der Waals surface area contributed by atoms with Crippen LogP contribution in [-0.4, -0.2) is 64.1 Å². The third-order valence-corrected chi connectivity index (χ3v) is 7.54. The molecule has 1 amide bonds. The molecule has 2 heterocycles. The normalized spacial score (nSPS) is 15.1. The van der Waals surface area contributed by atoms with Gasteiger partial charge in [-0.3, -0.25) is 28.8 Å². The summed E-state index contributed by atoms with van der Waals surface area (Å²) in [5, 5.41) is 13.6. The Labute approximate surface area is 233 Å². The van der Waals surface area contributed by atoms with Crippen LogP contribution in [0.2, 0.25) is 0 Å². The van der Waals surface area contributed by atoms with Crippen molar-refractivity contribution >= 4 is 22.6 Å². The van der Waals surface area contributed by atoms with Gasteiger partial charge in [-0.1, -0.05) is 73.7 Å². The first kappa shape index (κ1) is 27.3. The number of hydrogen-bond acceptors (Lipinski definition) is 5. The Morgan fingerprint density at radius 2 is 1.40 bits per heavy atom. The minimum Gasteiger partial charge on any atom is -0.480 e. The second kappa shape index (κ2) is 12.3. The smallest absolute Gasteiger partial charge is 0.317 e. The number of hydrogen-bond donors (Lipinski definition) is 2. The van der Waals surface area contributed by atoms with Crippen molar-refractivity contribution in [3.63, 3.8) is 0 Å². The molecule has 1 aromatic heterocycles. The van der Waals surface area contributed by atoms with Crippen LogP contribution in [0.4, 0.5) is 0 Å². The third kappa shape index (κ3) is 5.83. The van der Waals surface area contributed by atoms with E-state index >= 15 is 0 Å². The van der Waals surface area contributed by atoms with Crippen LogP contribution in [0.3, 0.4) is 0 Å². The summed E-state index contributed by atoms with van der Waals surface area (Å²) < 4.78 is 1.67. The number of carbonyl (C=O) groups is 2. The highest BCUT2D eigenvalue weighted by Crippen LogP contribution is 2.26. The Morgan fingerprint density at radius 3 is 2.02 bits per heavy atom.